The summed E-state index contributed by atoms with van der Waals surface area (Å²) in [7, 11) is 1.78. The molecule has 0 spiro atoms. The first kappa shape index (κ1) is 18.7. The minimum Gasteiger partial charge on any atom is -0.370 e. The monoisotopic (exact) mass is 385 g/mol. The van der Waals surface area contributed by atoms with Gasteiger partial charge in [0.2, 0.25) is 0 Å². The highest BCUT2D eigenvalue weighted by Crippen LogP contribution is 2.18. The van der Waals surface area contributed by atoms with Crippen LogP contribution in [0, 0.1) is 0 Å². The third-order valence-corrected chi connectivity index (χ3v) is 4.87. The van der Waals surface area contributed by atoms with E-state index in [1.54, 1.807) is 18.0 Å². The van der Waals surface area contributed by atoms with Gasteiger partial charge in [-0.15, -0.1) is 0 Å². The van der Waals surface area contributed by atoms with Gasteiger partial charge in [0, 0.05) is 43.3 Å². The molecular weight excluding hydrogens is 362 g/mol. The summed E-state index contributed by atoms with van der Waals surface area (Å²) >= 11 is 0. The Hall–Kier alpha value is -3.67. The third-order valence-electron chi connectivity index (χ3n) is 4.87. The van der Waals surface area contributed by atoms with Gasteiger partial charge in [-0.05, 0) is 23.6 Å². The van der Waals surface area contributed by atoms with Crippen molar-refractivity contribution >= 4 is 22.6 Å². The van der Waals surface area contributed by atoms with E-state index in [1.807, 2.05) is 48.7 Å². The van der Waals surface area contributed by atoms with Gasteiger partial charge in [0.25, 0.3) is 5.91 Å². The predicted octanol–water partition coefficient (Wildman–Crippen LogP) is 3.88. The molecule has 0 atom stereocenters. The highest BCUT2D eigenvalue weighted by molar-refractivity contribution is 5.92. The van der Waals surface area contributed by atoms with E-state index in [9.17, 15) is 4.79 Å². The molecule has 146 valence electrons. The van der Waals surface area contributed by atoms with Crippen molar-refractivity contribution in [2.24, 2.45) is 0 Å². The van der Waals surface area contributed by atoms with E-state index in [0.29, 0.717) is 24.6 Å². The summed E-state index contributed by atoms with van der Waals surface area (Å²) in [6.45, 7) is 1.25. The smallest absolute Gasteiger partial charge is 0.272 e. The Morgan fingerprint density at radius 3 is 2.72 bits per heavy atom. The lowest BCUT2D eigenvalue weighted by Crippen LogP contribution is -2.27. The number of hydrogen-bond acceptors (Lipinski definition) is 4. The number of anilines is 1. The highest BCUT2D eigenvalue weighted by atomic mass is 16.2. The first-order chi connectivity index (χ1) is 14.2. The lowest BCUT2D eigenvalue weighted by molar-refractivity contribution is 0.0779. The fraction of sp³-hybridized carbons (Fsp3) is 0.174. The zero-order chi connectivity index (χ0) is 20.1. The second-order valence-corrected chi connectivity index (χ2v) is 6.97. The maximum absolute atomic E-state index is 12.7. The first-order valence-electron chi connectivity index (χ1n) is 9.61. The van der Waals surface area contributed by atoms with Crippen molar-refractivity contribution in [1.82, 2.24) is 19.9 Å². The second kappa shape index (κ2) is 8.56. The standard InChI is InChI=1S/C23H23N5O/c1-28(15-17-7-3-2-4-8-17)23(29)21-13-22(27-16-26-21)24-12-11-18-14-25-20-10-6-5-9-19(18)20/h2-10,13-14,16,25H,11-12,15H2,1H3,(H,24,26,27). The minimum absolute atomic E-state index is 0.129. The number of nitrogens with one attached hydrogen (secondary N) is 2. The van der Waals surface area contributed by atoms with Crippen molar-refractivity contribution in [1.29, 1.82) is 0 Å². The Bertz CT molecular complexity index is 1110. The van der Waals surface area contributed by atoms with Crippen molar-refractivity contribution < 1.29 is 4.79 Å². The number of para-hydroxylation sites is 1. The molecule has 6 heteroatoms. The number of nitrogens with zero attached hydrogens (tertiary/aromatic N) is 3. The van der Waals surface area contributed by atoms with Crippen molar-refractivity contribution in [2.75, 3.05) is 18.9 Å². The predicted molar refractivity (Wildman–Crippen MR) is 115 cm³/mol. The molecule has 0 saturated heterocycles. The molecule has 0 unspecified atom stereocenters. The number of carbonyl (C=O) groups excluding carboxylic acids is 1. The Balaban J connectivity index is 1.37. The van der Waals surface area contributed by atoms with Crippen LogP contribution in [0.15, 0.2) is 73.2 Å². The number of benzene rings is 2. The molecule has 0 aliphatic carbocycles. The molecule has 0 fully saturated rings. The van der Waals surface area contributed by atoms with E-state index in [-0.39, 0.29) is 5.91 Å². The summed E-state index contributed by atoms with van der Waals surface area (Å²) < 4.78 is 0. The highest BCUT2D eigenvalue weighted by Gasteiger charge is 2.14. The minimum atomic E-state index is -0.129. The van der Waals surface area contributed by atoms with Gasteiger partial charge in [0.15, 0.2) is 0 Å². The van der Waals surface area contributed by atoms with E-state index in [4.69, 9.17) is 0 Å². The van der Waals surface area contributed by atoms with Gasteiger partial charge in [0.05, 0.1) is 0 Å². The summed E-state index contributed by atoms with van der Waals surface area (Å²) in [6, 6.07) is 19.9. The van der Waals surface area contributed by atoms with Crippen LogP contribution >= 0.6 is 0 Å². The number of aromatic amines is 1. The summed E-state index contributed by atoms with van der Waals surface area (Å²) in [5.74, 6) is 0.521. The normalized spacial score (nSPS) is 10.8. The van der Waals surface area contributed by atoms with Gasteiger partial charge in [-0.25, -0.2) is 9.97 Å². The van der Waals surface area contributed by atoms with Gasteiger partial charge in [-0.3, -0.25) is 4.79 Å². The molecular formula is C23H23N5O. The van der Waals surface area contributed by atoms with Gasteiger partial charge >= 0.3 is 0 Å². The summed E-state index contributed by atoms with van der Waals surface area (Å²) in [6.07, 6.45) is 4.32. The summed E-state index contributed by atoms with van der Waals surface area (Å²) in [4.78, 5) is 26.1. The molecule has 2 aromatic carbocycles. The van der Waals surface area contributed by atoms with Gasteiger partial charge in [-0.2, -0.15) is 0 Å². The molecule has 2 aromatic heterocycles. The molecule has 0 aliphatic rings. The molecule has 0 aliphatic heterocycles. The topological polar surface area (TPSA) is 73.9 Å². The zero-order valence-corrected chi connectivity index (χ0v) is 16.3. The molecule has 29 heavy (non-hydrogen) atoms. The van der Waals surface area contributed by atoms with Crippen LogP contribution in [-0.4, -0.2) is 39.4 Å². The number of H-pyrrole nitrogens is 1. The SMILES string of the molecule is CN(Cc1ccccc1)C(=O)c1cc(NCCc2c[nH]c3ccccc23)ncn1. The number of fused-ring (bicyclic) bond motifs is 1. The van der Waals surface area contributed by atoms with Gasteiger partial charge in [0.1, 0.15) is 17.8 Å². The van der Waals surface area contributed by atoms with Crippen LogP contribution in [0.1, 0.15) is 21.6 Å². The van der Waals surface area contributed by atoms with Crippen LogP contribution < -0.4 is 5.32 Å². The lowest BCUT2D eigenvalue weighted by atomic mass is 10.1. The molecule has 2 N–H and O–H groups in total. The Kier molecular flexibility index (Phi) is 5.52. The van der Waals surface area contributed by atoms with Crippen LogP contribution in [0.2, 0.25) is 0 Å². The van der Waals surface area contributed by atoms with Crippen LogP contribution in [-0.2, 0) is 13.0 Å². The molecule has 6 nitrogen and oxygen atoms in total. The Morgan fingerprint density at radius 2 is 1.86 bits per heavy atom. The van der Waals surface area contributed by atoms with E-state index in [0.717, 1.165) is 17.5 Å². The van der Waals surface area contributed by atoms with E-state index in [1.165, 1.54) is 17.3 Å². The number of hydrogen-bond donors (Lipinski definition) is 2. The van der Waals surface area contributed by atoms with Crippen molar-refractivity contribution in [3.8, 4) is 0 Å². The molecule has 2 heterocycles. The fourth-order valence-electron chi connectivity index (χ4n) is 3.36. The van der Waals surface area contributed by atoms with E-state index >= 15 is 0 Å². The molecule has 1 amide bonds. The van der Waals surface area contributed by atoms with Crippen LogP contribution in [0.4, 0.5) is 5.82 Å². The second-order valence-electron chi connectivity index (χ2n) is 6.97. The number of amides is 1. The van der Waals surface area contributed by atoms with Crippen molar-refractivity contribution in [3.63, 3.8) is 0 Å². The molecule has 0 bridgehead atoms. The maximum atomic E-state index is 12.7. The Labute approximate surface area is 169 Å². The first-order valence-corrected chi connectivity index (χ1v) is 9.61. The largest absolute Gasteiger partial charge is 0.370 e. The van der Waals surface area contributed by atoms with Gasteiger partial charge in [-0.1, -0.05) is 48.5 Å². The summed E-state index contributed by atoms with van der Waals surface area (Å²) in [5, 5.41) is 4.53. The third kappa shape index (κ3) is 4.43. The number of rotatable bonds is 7. The van der Waals surface area contributed by atoms with E-state index < -0.39 is 0 Å². The molecule has 4 rings (SSSR count). The molecule has 0 radical (unpaired) electrons. The van der Waals surface area contributed by atoms with E-state index in [2.05, 4.69) is 32.4 Å². The maximum Gasteiger partial charge on any atom is 0.272 e. The van der Waals surface area contributed by atoms with Crippen molar-refractivity contribution in [2.45, 2.75) is 13.0 Å². The average Bonchev–Trinajstić information content (AvgIpc) is 3.17. The fourth-order valence-corrected chi connectivity index (χ4v) is 3.36. The lowest BCUT2D eigenvalue weighted by Gasteiger charge is -2.17. The number of aromatic nitrogens is 3. The van der Waals surface area contributed by atoms with Gasteiger partial charge < -0.3 is 15.2 Å². The van der Waals surface area contributed by atoms with Crippen molar-refractivity contribution in [3.05, 3.63) is 90.0 Å². The number of carbonyl (C=O) groups is 1. The molecule has 0 saturated carbocycles. The Morgan fingerprint density at radius 1 is 1.07 bits per heavy atom. The average molecular weight is 385 g/mol. The zero-order valence-electron chi connectivity index (χ0n) is 16.3. The van der Waals surface area contributed by atoms with Crippen LogP contribution in [0.25, 0.3) is 10.9 Å². The van der Waals surface area contributed by atoms with Crippen LogP contribution in [0.3, 0.4) is 0 Å². The quantitative estimate of drug-likeness (QED) is 0.506. The van der Waals surface area contributed by atoms with Crippen LogP contribution in [0.5, 0.6) is 0 Å². The molecule has 4 aromatic rings. The summed E-state index contributed by atoms with van der Waals surface area (Å²) in [5.41, 5.74) is 3.85.